The third-order valence-corrected chi connectivity index (χ3v) is 5.21. The van der Waals surface area contributed by atoms with Crippen LogP contribution in [0.25, 0.3) is 10.8 Å². The van der Waals surface area contributed by atoms with Crippen LogP contribution in [0.2, 0.25) is 0 Å². The number of hydrogen-bond donors (Lipinski definition) is 1. The fraction of sp³-hybridized carbons (Fsp3) is 0.304. The summed E-state index contributed by atoms with van der Waals surface area (Å²) in [6, 6.07) is 10.6. The van der Waals surface area contributed by atoms with Crippen LogP contribution in [-0.4, -0.2) is 31.1 Å². The Hall–Kier alpha value is -3.62. The van der Waals surface area contributed by atoms with E-state index in [1.54, 1.807) is 22.9 Å². The van der Waals surface area contributed by atoms with E-state index >= 15 is 0 Å². The minimum absolute atomic E-state index is 0.160. The molecule has 1 aliphatic rings. The van der Waals surface area contributed by atoms with Gasteiger partial charge < -0.3 is 5.32 Å². The summed E-state index contributed by atoms with van der Waals surface area (Å²) in [5.74, 6) is 0.232. The number of anilines is 1. The zero-order valence-electron chi connectivity index (χ0n) is 18.1. The fourth-order valence-corrected chi connectivity index (χ4v) is 3.83. The molecule has 1 aliphatic heterocycles. The molecular formula is C23H24F2N6O. The van der Waals surface area contributed by atoms with Crippen molar-refractivity contribution in [2.24, 2.45) is 13.0 Å². The molecule has 0 fully saturated rings. The second kappa shape index (κ2) is 8.86. The first kappa shape index (κ1) is 21.6. The molecule has 1 atom stereocenters. The summed E-state index contributed by atoms with van der Waals surface area (Å²) in [5.41, 5.74) is 1.07. The average Bonchev–Trinajstić information content (AvgIpc) is 3.17. The molecule has 0 saturated heterocycles. The van der Waals surface area contributed by atoms with Gasteiger partial charge >= 0.3 is 0 Å². The summed E-state index contributed by atoms with van der Waals surface area (Å²) in [6.07, 6.45) is 1.50. The minimum Gasteiger partial charge on any atom is -0.383 e. The number of aromatic nitrogens is 5. The molecule has 9 heteroatoms. The highest BCUT2D eigenvalue weighted by molar-refractivity contribution is 5.97. The van der Waals surface area contributed by atoms with Crippen LogP contribution in [-0.2, 0) is 13.6 Å². The van der Waals surface area contributed by atoms with Crippen LogP contribution >= 0.6 is 0 Å². The van der Waals surface area contributed by atoms with Gasteiger partial charge in [0.2, 0.25) is 0 Å². The second-order valence-corrected chi connectivity index (χ2v) is 8.11. The number of aryl methyl sites for hydroxylation is 1. The Labute approximate surface area is 183 Å². The summed E-state index contributed by atoms with van der Waals surface area (Å²) < 4.78 is 29.1. The SMILES string of the molecule is CC(C)Cn1nc2c3c(cc(F)cc3c1=O)NCC2c1ncnn1C.Fc1ccccc1. The molecule has 4 aromatic rings. The van der Waals surface area contributed by atoms with Crippen molar-refractivity contribution < 1.29 is 8.78 Å². The Balaban J connectivity index is 0.000000300. The van der Waals surface area contributed by atoms with E-state index in [9.17, 15) is 13.6 Å². The fourth-order valence-electron chi connectivity index (χ4n) is 3.83. The Morgan fingerprint density at radius 3 is 2.50 bits per heavy atom. The zero-order chi connectivity index (χ0) is 22.8. The number of nitrogens with zero attached hydrogens (tertiary/aromatic N) is 5. The highest BCUT2D eigenvalue weighted by Gasteiger charge is 2.30. The Kier molecular flexibility index (Phi) is 5.98. The van der Waals surface area contributed by atoms with E-state index in [-0.39, 0.29) is 23.2 Å². The highest BCUT2D eigenvalue weighted by Crippen LogP contribution is 2.36. The summed E-state index contributed by atoms with van der Waals surface area (Å²) >= 11 is 0. The van der Waals surface area contributed by atoms with Crippen molar-refractivity contribution in [3.05, 3.63) is 82.3 Å². The highest BCUT2D eigenvalue weighted by atomic mass is 19.1. The molecule has 5 rings (SSSR count). The lowest BCUT2D eigenvalue weighted by Crippen LogP contribution is -2.32. The Morgan fingerprint density at radius 2 is 1.91 bits per heavy atom. The van der Waals surface area contributed by atoms with Crippen molar-refractivity contribution in [1.82, 2.24) is 24.5 Å². The Bertz CT molecular complexity index is 1300. The van der Waals surface area contributed by atoms with Crippen molar-refractivity contribution >= 4 is 16.5 Å². The number of nitrogens with one attached hydrogen (secondary N) is 1. The summed E-state index contributed by atoms with van der Waals surface area (Å²) in [7, 11) is 1.82. The van der Waals surface area contributed by atoms with Gasteiger partial charge in [0.1, 0.15) is 23.8 Å². The quantitative estimate of drug-likeness (QED) is 0.528. The third kappa shape index (κ3) is 4.23. The molecule has 0 bridgehead atoms. The lowest BCUT2D eigenvalue weighted by atomic mass is 9.94. The van der Waals surface area contributed by atoms with Gasteiger partial charge in [0.15, 0.2) is 0 Å². The molecule has 3 heterocycles. The van der Waals surface area contributed by atoms with Gasteiger partial charge in [0.25, 0.3) is 5.56 Å². The normalized spacial score (nSPS) is 14.8. The maximum atomic E-state index is 14.0. The van der Waals surface area contributed by atoms with Gasteiger partial charge in [-0.15, -0.1) is 0 Å². The lowest BCUT2D eigenvalue weighted by Gasteiger charge is -2.26. The van der Waals surface area contributed by atoms with E-state index in [1.165, 1.54) is 35.3 Å². The van der Waals surface area contributed by atoms with Gasteiger partial charge in [0.05, 0.1) is 17.0 Å². The van der Waals surface area contributed by atoms with E-state index < -0.39 is 5.82 Å². The van der Waals surface area contributed by atoms with E-state index in [0.717, 1.165) is 11.5 Å². The molecule has 32 heavy (non-hydrogen) atoms. The van der Waals surface area contributed by atoms with Crippen LogP contribution in [0.5, 0.6) is 0 Å². The van der Waals surface area contributed by atoms with Gasteiger partial charge in [-0.25, -0.2) is 18.4 Å². The molecular weight excluding hydrogens is 414 g/mol. The van der Waals surface area contributed by atoms with Crippen molar-refractivity contribution in [3.63, 3.8) is 0 Å². The third-order valence-electron chi connectivity index (χ3n) is 5.21. The van der Waals surface area contributed by atoms with Gasteiger partial charge in [-0.3, -0.25) is 9.48 Å². The van der Waals surface area contributed by atoms with Crippen LogP contribution in [0.1, 0.15) is 31.3 Å². The molecule has 2 aromatic heterocycles. The molecule has 1 unspecified atom stereocenters. The molecule has 0 amide bonds. The number of benzene rings is 2. The molecule has 0 aliphatic carbocycles. The van der Waals surface area contributed by atoms with Gasteiger partial charge in [-0.2, -0.15) is 10.2 Å². The first-order valence-electron chi connectivity index (χ1n) is 10.4. The van der Waals surface area contributed by atoms with Crippen molar-refractivity contribution in [1.29, 1.82) is 0 Å². The van der Waals surface area contributed by atoms with Crippen molar-refractivity contribution in [2.45, 2.75) is 26.3 Å². The minimum atomic E-state index is -0.433. The number of hydrogen-bond acceptors (Lipinski definition) is 5. The maximum Gasteiger partial charge on any atom is 0.274 e. The first-order valence-corrected chi connectivity index (χ1v) is 10.4. The van der Waals surface area contributed by atoms with E-state index in [1.807, 2.05) is 20.9 Å². The predicted molar refractivity (Wildman–Crippen MR) is 119 cm³/mol. The zero-order valence-corrected chi connectivity index (χ0v) is 18.1. The van der Waals surface area contributed by atoms with Crippen LogP contribution in [0.15, 0.2) is 53.6 Å². The largest absolute Gasteiger partial charge is 0.383 e. The van der Waals surface area contributed by atoms with E-state index in [0.29, 0.717) is 29.5 Å². The molecule has 2 aromatic carbocycles. The van der Waals surface area contributed by atoms with Gasteiger partial charge in [-0.05, 0) is 30.2 Å². The monoisotopic (exact) mass is 438 g/mol. The van der Waals surface area contributed by atoms with Crippen LogP contribution < -0.4 is 10.9 Å². The Morgan fingerprint density at radius 1 is 1.16 bits per heavy atom. The maximum absolute atomic E-state index is 14.0. The predicted octanol–water partition coefficient (Wildman–Crippen LogP) is 3.70. The van der Waals surface area contributed by atoms with E-state index in [2.05, 4.69) is 20.5 Å². The van der Waals surface area contributed by atoms with Gasteiger partial charge in [-0.1, -0.05) is 32.0 Å². The van der Waals surface area contributed by atoms with Crippen LogP contribution in [0.3, 0.4) is 0 Å². The van der Waals surface area contributed by atoms with Crippen LogP contribution in [0.4, 0.5) is 14.5 Å². The number of halogens is 2. The summed E-state index contributed by atoms with van der Waals surface area (Å²) in [4.78, 5) is 17.1. The average molecular weight is 438 g/mol. The molecule has 0 radical (unpaired) electrons. The smallest absolute Gasteiger partial charge is 0.274 e. The first-order chi connectivity index (χ1) is 15.3. The topological polar surface area (TPSA) is 77.6 Å². The molecule has 0 spiro atoms. The molecule has 0 saturated carbocycles. The van der Waals surface area contributed by atoms with Crippen molar-refractivity contribution in [2.75, 3.05) is 11.9 Å². The molecule has 7 nitrogen and oxygen atoms in total. The van der Waals surface area contributed by atoms with Crippen LogP contribution in [0, 0.1) is 17.6 Å². The summed E-state index contributed by atoms with van der Waals surface area (Å²) in [5, 5.41) is 13.0. The summed E-state index contributed by atoms with van der Waals surface area (Å²) in [6.45, 7) is 5.03. The standard InChI is InChI=1S/C17H19FN6O.C6H5F/c1-9(2)7-24-17(25)11-4-10(18)5-13-14(11)15(22-24)12(6-19-13)16-20-8-21-23(16)3;7-6-4-2-1-3-5-6/h4-5,8-9,12,19H,6-7H2,1-3H3;1-5H. The molecule has 166 valence electrons. The van der Waals surface area contributed by atoms with Crippen molar-refractivity contribution in [3.8, 4) is 0 Å². The number of rotatable bonds is 3. The van der Waals surface area contributed by atoms with Gasteiger partial charge in [0, 0.05) is 31.2 Å². The molecule has 1 N–H and O–H groups in total. The lowest BCUT2D eigenvalue weighted by molar-refractivity contribution is 0.457. The van der Waals surface area contributed by atoms with E-state index in [4.69, 9.17) is 0 Å². The second-order valence-electron chi connectivity index (χ2n) is 8.11.